The van der Waals surface area contributed by atoms with Gasteiger partial charge >= 0.3 is 0 Å². The smallest absolute Gasteiger partial charge is 0.254 e. The lowest BCUT2D eigenvalue weighted by Crippen LogP contribution is -2.45. The van der Waals surface area contributed by atoms with E-state index in [1.54, 1.807) is 6.20 Å². The molecule has 0 bridgehead atoms. The number of carbonyl (C=O) groups excluding carboxylic acids is 1. The third kappa shape index (κ3) is 3.38. The van der Waals surface area contributed by atoms with Crippen LogP contribution in [0.5, 0.6) is 0 Å². The predicted octanol–water partition coefficient (Wildman–Crippen LogP) is 1.21. The van der Waals surface area contributed by atoms with Crippen molar-refractivity contribution in [3.8, 4) is 0 Å². The van der Waals surface area contributed by atoms with Crippen LogP contribution in [0, 0.1) is 6.92 Å². The van der Waals surface area contributed by atoms with Crippen LogP contribution in [0.25, 0.3) is 0 Å². The monoisotopic (exact) mass is 303 g/mol. The van der Waals surface area contributed by atoms with Crippen LogP contribution < -0.4 is 10.2 Å². The average molecular weight is 303 g/mol. The minimum absolute atomic E-state index is 0.0330. The number of hydrogen-bond acceptors (Lipinski definition) is 5. The molecule has 120 valence electrons. The molecule has 1 amide bonds. The maximum Gasteiger partial charge on any atom is 0.254 e. The molecule has 6 nitrogen and oxygen atoms in total. The van der Waals surface area contributed by atoms with Gasteiger partial charge in [-0.05, 0) is 26.8 Å². The molecule has 1 aliphatic heterocycles. The Labute approximate surface area is 131 Å². The van der Waals surface area contributed by atoms with Crippen LogP contribution in [0.15, 0.2) is 6.20 Å². The van der Waals surface area contributed by atoms with Gasteiger partial charge in [0.1, 0.15) is 0 Å². The molecular weight excluding hydrogens is 278 g/mol. The molecule has 6 heteroatoms. The highest BCUT2D eigenvalue weighted by atomic mass is 16.1. The van der Waals surface area contributed by atoms with Gasteiger partial charge in [0.15, 0.2) is 0 Å². The molecule has 2 heterocycles. The number of rotatable bonds is 3. The van der Waals surface area contributed by atoms with E-state index in [9.17, 15) is 4.79 Å². The normalized spacial score (nSPS) is 20.4. The number of nitrogens with zero attached hydrogens (tertiary/aromatic N) is 4. The molecule has 0 radical (unpaired) electrons. The fourth-order valence-corrected chi connectivity index (χ4v) is 3.17. The van der Waals surface area contributed by atoms with Crippen molar-refractivity contribution in [3.63, 3.8) is 0 Å². The summed E-state index contributed by atoms with van der Waals surface area (Å²) < 4.78 is 0. The maximum absolute atomic E-state index is 12.3. The molecule has 3 rings (SSSR count). The van der Waals surface area contributed by atoms with Crippen molar-refractivity contribution in [3.05, 3.63) is 17.5 Å². The molecule has 0 atom stereocenters. The highest BCUT2D eigenvalue weighted by Gasteiger charge is 2.21. The molecule has 2 aliphatic rings. The third-order valence-electron chi connectivity index (χ3n) is 4.69. The Bertz CT molecular complexity index is 533. The summed E-state index contributed by atoms with van der Waals surface area (Å²) in [6, 6.07) is 0.323. The number of piperazine rings is 1. The Morgan fingerprint density at radius 2 is 1.91 bits per heavy atom. The van der Waals surface area contributed by atoms with Gasteiger partial charge in [0.05, 0.1) is 11.3 Å². The minimum Gasteiger partial charge on any atom is -0.349 e. The van der Waals surface area contributed by atoms with E-state index in [0.717, 1.165) is 50.7 Å². The predicted molar refractivity (Wildman–Crippen MR) is 86.2 cm³/mol. The lowest BCUT2D eigenvalue weighted by Gasteiger charge is -2.32. The first kappa shape index (κ1) is 15.2. The van der Waals surface area contributed by atoms with Crippen molar-refractivity contribution in [2.24, 2.45) is 0 Å². The van der Waals surface area contributed by atoms with Crippen molar-refractivity contribution >= 4 is 11.9 Å². The van der Waals surface area contributed by atoms with Crippen LogP contribution >= 0.6 is 0 Å². The highest BCUT2D eigenvalue weighted by Crippen LogP contribution is 2.19. The summed E-state index contributed by atoms with van der Waals surface area (Å²) in [5.74, 6) is 0.706. The summed E-state index contributed by atoms with van der Waals surface area (Å²) in [4.78, 5) is 25.8. The number of aromatic nitrogens is 2. The van der Waals surface area contributed by atoms with Crippen LogP contribution in [-0.2, 0) is 0 Å². The Balaban J connectivity index is 1.67. The van der Waals surface area contributed by atoms with E-state index in [2.05, 4.69) is 32.1 Å². The number of carbonyl (C=O) groups is 1. The van der Waals surface area contributed by atoms with Crippen LogP contribution in [0.4, 0.5) is 5.95 Å². The summed E-state index contributed by atoms with van der Waals surface area (Å²) in [6.07, 6.45) is 6.28. The van der Waals surface area contributed by atoms with E-state index < -0.39 is 0 Å². The lowest BCUT2D eigenvalue weighted by molar-refractivity contribution is 0.0936. The second kappa shape index (κ2) is 6.60. The highest BCUT2D eigenvalue weighted by molar-refractivity contribution is 5.95. The number of hydrogen-bond donors (Lipinski definition) is 1. The topological polar surface area (TPSA) is 61.4 Å². The zero-order valence-electron chi connectivity index (χ0n) is 13.5. The number of anilines is 1. The van der Waals surface area contributed by atoms with E-state index in [1.165, 1.54) is 12.8 Å². The van der Waals surface area contributed by atoms with Crippen molar-refractivity contribution < 1.29 is 4.79 Å². The SMILES string of the molecule is Cc1nc(N2CCN(C)CC2)ncc1C(=O)NC1CCCC1. The minimum atomic E-state index is -0.0330. The van der Waals surface area contributed by atoms with E-state index in [-0.39, 0.29) is 5.91 Å². The Morgan fingerprint density at radius 1 is 1.23 bits per heavy atom. The number of likely N-dealkylation sites (N-methyl/N-ethyl adjacent to an activating group) is 1. The molecule has 1 aromatic heterocycles. The standard InChI is InChI=1S/C16H25N5O/c1-12-14(15(22)19-13-5-3-4-6-13)11-17-16(18-12)21-9-7-20(2)8-10-21/h11,13H,3-10H2,1-2H3,(H,19,22). The molecule has 1 aromatic rings. The van der Waals surface area contributed by atoms with Gasteiger partial charge in [0.25, 0.3) is 5.91 Å². The average Bonchev–Trinajstić information content (AvgIpc) is 3.00. The van der Waals surface area contributed by atoms with Gasteiger partial charge < -0.3 is 15.1 Å². The summed E-state index contributed by atoms with van der Waals surface area (Å²) in [5.41, 5.74) is 1.37. The zero-order valence-corrected chi connectivity index (χ0v) is 13.5. The molecule has 2 fully saturated rings. The first-order valence-corrected chi connectivity index (χ1v) is 8.21. The van der Waals surface area contributed by atoms with E-state index in [0.29, 0.717) is 11.6 Å². The fourth-order valence-electron chi connectivity index (χ4n) is 3.17. The van der Waals surface area contributed by atoms with Gasteiger partial charge in [0, 0.05) is 38.4 Å². The molecule has 1 saturated carbocycles. The summed E-state index contributed by atoms with van der Waals surface area (Å²) in [5, 5.41) is 3.10. The van der Waals surface area contributed by atoms with Crippen LogP contribution in [0.2, 0.25) is 0 Å². The second-order valence-corrected chi connectivity index (χ2v) is 6.41. The van der Waals surface area contributed by atoms with Crippen molar-refractivity contribution in [2.75, 3.05) is 38.1 Å². The summed E-state index contributed by atoms with van der Waals surface area (Å²) >= 11 is 0. The number of amides is 1. The van der Waals surface area contributed by atoms with Gasteiger partial charge in [-0.2, -0.15) is 0 Å². The van der Waals surface area contributed by atoms with E-state index in [1.807, 2.05) is 6.92 Å². The van der Waals surface area contributed by atoms with Crippen molar-refractivity contribution in [1.82, 2.24) is 20.2 Å². The Kier molecular flexibility index (Phi) is 4.57. The van der Waals surface area contributed by atoms with E-state index >= 15 is 0 Å². The first-order chi connectivity index (χ1) is 10.6. The van der Waals surface area contributed by atoms with Gasteiger partial charge in [0.2, 0.25) is 5.95 Å². The molecule has 1 N–H and O–H groups in total. The number of nitrogens with one attached hydrogen (secondary N) is 1. The fraction of sp³-hybridized carbons (Fsp3) is 0.688. The number of aryl methyl sites for hydroxylation is 1. The largest absolute Gasteiger partial charge is 0.349 e. The van der Waals surface area contributed by atoms with Crippen LogP contribution in [-0.4, -0.2) is 60.0 Å². The summed E-state index contributed by atoms with van der Waals surface area (Å²) in [6.45, 7) is 5.80. The zero-order chi connectivity index (χ0) is 15.5. The van der Waals surface area contributed by atoms with Crippen molar-refractivity contribution in [1.29, 1.82) is 0 Å². The van der Waals surface area contributed by atoms with Gasteiger partial charge in [-0.1, -0.05) is 12.8 Å². The molecule has 0 aromatic carbocycles. The van der Waals surface area contributed by atoms with Gasteiger partial charge in [-0.15, -0.1) is 0 Å². The maximum atomic E-state index is 12.3. The molecule has 22 heavy (non-hydrogen) atoms. The molecule has 1 aliphatic carbocycles. The van der Waals surface area contributed by atoms with E-state index in [4.69, 9.17) is 0 Å². The Hall–Kier alpha value is -1.69. The molecule has 0 spiro atoms. The van der Waals surface area contributed by atoms with Gasteiger partial charge in [-0.3, -0.25) is 4.79 Å². The van der Waals surface area contributed by atoms with Crippen molar-refractivity contribution in [2.45, 2.75) is 38.6 Å². The molecular formula is C16H25N5O. The quantitative estimate of drug-likeness (QED) is 0.909. The molecule has 1 saturated heterocycles. The van der Waals surface area contributed by atoms with Crippen LogP contribution in [0.1, 0.15) is 41.7 Å². The summed E-state index contributed by atoms with van der Waals surface area (Å²) in [7, 11) is 2.12. The first-order valence-electron chi connectivity index (χ1n) is 8.21. The van der Waals surface area contributed by atoms with Gasteiger partial charge in [-0.25, -0.2) is 9.97 Å². The third-order valence-corrected chi connectivity index (χ3v) is 4.69. The molecule has 0 unspecified atom stereocenters. The Morgan fingerprint density at radius 3 is 2.55 bits per heavy atom. The lowest BCUT2D eigenvalue weighted by atomic mass is 10.2. The second-order valence-electron chi connectivity index (χ2n) is 6.41. The van der Waals surface area contributed by atoms with Crippen LogP contribution in [0.3, 0.4) is 0 Å².